The van der Waals surface area contributed by atoms with Crippen molar-refractivity contribution in [3.05, 3.63) is 72.2 Å². The van der Waals surface area contributed by atoms with Crippen molar-refractivity contribution in [3.8, 4) is 17.2 Å². The molecular formula is C20H19NO4. The van der Waals surface area contributed by atoms with Gasteiger partial charge >= 0.3 is 0 Å². The van der Waals surface area contributed by atoms with Gasteiger partial charge in [0.15, 0.2) is 11.5 Å². The van der Waals surface area contributed by atoms with E-state index in [1.165, 1.54) is 6.26 Å². The van der Waals surface area contributed by atoms with Crippen LogP contribution in [0.15, 0.2) is 65.3 Å². The molecule has 0 bridgehead atoms. The Bertz CT molecular complexity index is 852. The van der Waals surface area contributed by atoms with Crippen LogP contribution in [-0.2, 0) is 0 Å². The van der Waals surface area contributed by atoms with Gasteiger partial charge in [-0.15, -0.1) is 0 Å². The maximum Gasteiger partial charge on any atom is 0.291 e. The fraction of sp³-hybridized carbons (Fsp3) is 0.150. The Morgan fingerprint density at radius 1 is 1.04 bits per heavy atom. The van der Waals surface area contributed by atoms with Crippen molar-refractivity contribution in [1.29, 1.82) is 0 Å². The van der Waals surface area contributed by atoms with E-state index in [0.717, 1.165) is 11.3 Å². The Labute approximate surface area is 146 Å². The number of hydrogen-bond acceptors (Lipinski definition) is 4. The largest absolute Gasteiger partial charge is 0.494 e. The summed E-state index contributed by atoms with van der Waals surface area (Å²) in [6.07, 6.45) is 1.49. The van der Waals surface area contributed by atoms with Crippen molar-refractivity contribution < 1.29 is 18.7 Å². The first kappa shape index (κ1) is 16.6. The van der Waals surface area contributed by atoms with Crippen molar-refractivity contribution in [2.45, 2.75) is 13.8 Å². The molecule has 0 saturated carbocycles. The van der Waals surface area contributed by atoms with E-state index < -0.39 is 0 Å². The normalized spacial score (nSPS) is 10.3. The van der Waals surface area contributed by atoms with Crippen LogP contribution >= 0.6 is 0 Å². The minimum atomic E-state index is -0.315. The van der Waals surface area contributed by atoms with Gasteiger partial charge in [0.1, 0.15) is 11.5 Å². The molecule has 0 fully saturated rings. The highest BCUT2D eigenvalue weighted by atomic mass is 16.5. The molecule has 0 saturated heterocycles. The van der Waals surface area contributed by atoms with Crippen LogP contribution in [0.1, 0.15) is 23.0 Å². The van der Waals surface area contributed by atoms with E-state index >= 15 is 0 Å². The molecule has 0 radical (unpaired) electrons. The summed E-state index contributed by atoms with van der Waals surface area (Å²) in [5, 5.41) is 2.82. The second kappa shape index (κ2) is 7.57. The average molecular weight is 337 g/mol. The van der Waals surface area contributed by atoms with E-state index in [4.69, 9.17) is 13.9 Å². The summed E-state index contributed by atoms with van der Waals surface area (Å²) >= 11 is 0. The van der Waals surface area contributed by atoms with E-state index in [2.05, 4.69) is 5.32 Å². The van der Waals surface area contributed by atoms with Gasteiger partial charge in [-0.05, 0) is 56.3 Å². The van der Waals surface area contributed by atoms with Gasteiger partial charge in [-0.2, -0.15) is 0 Å². The third-order valence-electron chi connectivity index (χ3n) is 3.57. The lowest BCUT2D eigenvalue weighted by molar-refractivity contribution is 0.0995. The SMILES string of the molecule is CCOc1ccc(Oc2ccccc2NC(=O)c2occc2C)cc1. The van der Waals surface area contributed by atoms with Crippen LogP contribution in [0.3, 0.4) is 0 Å². The van der Waals surface area contributed by atoms with Crippen LogP contribution < -0.4 is 14.8 Å². The van der Waals surface area contributed by atoms with Gasteiger partial charge in [-0.3, -0.25) is 4.79 Å². The summed E-state index contributed by atoms with van der Waals surface area (Å²) in [6.45, 7) is 4.37. The molecule has 1 amide bonds. The first-order valence-electron chi connectivity index (χ1n) is 8.02. The fourth-order valence-electron chi connectivity index (χ4n) is 2.34. The second-order valence-corrected chi connectivity index (χ2v) is 5.39. The third-order valence-corrected chi connectivity index (χ3v) is 3.57. The molecule has 1 aromatic heterocycles. The zero-order chi connectivity index (χ0) is 17.6. The van der Waals surface area contributed by atoms with Gasteiger partial charge in [0, 0.05) is 5.56 Å². The molecule has 25 heavy (non-hydrogen) atoms. The first-order chi connectivity index (χ1) is 12.2. The van der Waals surface area contributed by atoms with Crippen LogP contribution in [-0.4, -0.2) is 12.5 Å². The quantitative estimate of drug-likeness (QED) is 0.685. The lowest BCUT2D eigenvalue weighted by Gasteiger charge is -2.12. The molecule has 2 aromatic carbocycles. The molecule has 5 heteroatoms. The lowest BCUT2D eigenvalue weighted by atomic mass is 10.2. The van der Waals surface area contributed by atoms with Crippen molar-refractivity contribution in [1.82, 2.24) is 0 Å². The standard InChI is InChI=1S/C20H19NO4/c1-3-23-15-8-10-16(11-9-15)25-18-7-5-4-6-17(18)21-20(22)19-14(2)12-13-24-19/h4-13H,3H2,1-2H3,(H,21,22). The highest BCUT2D eigenvalue weighted by molar-refractivity contribution is 6.04. The first-order valence-corrected chi connectivity index (χ1v) is 8.02. The zero-order valence-corrected chi connectivity index (χ0v) is 14.1. The smallest absolute Gasteiger partial charge is 0.291 e. The molecule has 0 aliphatic rings. The van der Waals surface area contributed by atoms with Crippen LogP contribution in [0.25, 0.3) is 0 Å². The Morgan fingerprint density at radius 2 is 1.76 bits per heavy atom. The van der Waals surface area contributed by atoms with Crippen molar-refractivity contribution in [2.75, 3.05) is 11.9 Å². The van der Waals surface area contributed by atoms with Crippen LogP contribution in [0.4, 0.5) is 5.69 Å². The Morgan fingerprint density at radius 3 is 2.44 bits per heavy atom. The van der Waals surface area contributed by atoms with Gasteiger partial charge in [-0.25, -0.2) is 0 Å². The number of nitrogens with one attached hydrogen (secondary N) is 1. The summed E-state index contributed by atoms with van der Waals surface area (Å²) in [7, 11) is 0. The number of furan rings is 1. The van der Waals surface area contributed by atoms with Gasteiger partial charge in [0.2, 0.25) is 0 Å². The molecule has 0 aliphatic carbocycles. The highest BCUT2D eigenvalue weighted by Gasteiger charge is 2.15. The summed E-state index contributed by atoms with van der Waals surface area (Å²) in [5.41, 5.74) is 1.35. The van der Waals surface area contributed by atoms with E-state index in [-0.39, 0.29) is 11.7 Å². The Kier molecular flexibility index (Phi) is 5.04. The maximum atomic E-state index is 12.3. The number of ether oxygens (including phenoxy) is 2. The monoisotopic (exact) mass is 337 g/mol. The van der Waals surface area contributed by atoms with E-state index in [0.29, 0.717) is 23.8 Å². The average Bonchev–Trinajstić information content (AvgIpc) is 3.05. The summed E-state index contributed by atoms with van der Waals surface area (Å²) in [4.78, 5) is 12.3. The number of hydrogen-bond donors (Lipinski definition) is 1. The Hall–Kier alpha value is -3.21. The van der Waals surface area contributed by atoms with E-state index in [1.54, 1.807) is 18.2 Å². The lowest BCUT2D eigenvalue weighted by Crippen LogP contribution is -2.12. The molecule has 3 aromatic rings. The van der Waals surface area contributed by atoms with E-state index in [9.17, 15) is 4.79 Å². The number of para-hydroxylation sites is 2. The molecule has 128 valence electrons. The van der Waals surface area contributed by atoms with Crippen LogP contribution in [0.2, 0.25) is 0 Å². The van der Waals surface area contributed by atoms with Gasteiger partial charge in [0.05, 0.1) is 18.6 Å². The minimum absolute atomic E-state index is 0.288. The molecule has 0 aliphatic heterocycles. The van der Waals surface area contributed by atoms with Crippen molar-refractivity contribution >= 4 is 11.6 Å². The molecule has 3 rings (SSSR count). The Balaban J connectivity index is 1.76. The van der Waals surface area contributed by atoms with E-state index in [1.807, 2.05) is 50.2 Å². The van der Waals surface area contributed by atoms with Gasteiger partial charge in [0.25, 0.3) is 5.91 Å². The molecule has 0 unspecified atom stereocenters. The minimum Gasteiger partial charge on any atom is -0.494 e. The van der Waals surface area contributed by atoms with Crippen LogP contribution in [0, 0.1) is 6.92 Å². The number of benzene rings is 2. The molecular weight excluding hydrogens is 318 g/mol. The third kappa shape index (κ3) is 4.01. The topological polar surface area (TPSA) is 60.7 Å². The maximum absolute atomic E-state index is 12.3. The second-order valence-electron chi connectivity index (χ2n) is 5.39. The predicted octanol–water partition coefficient (Wildman–Crippen LogP) is 5.03. The van der Waals surface area contributed by atoms with Crippen molar-refractivity contribution in [2.24, 2.45) is 0 Å². The number of carbonyl (C=O) groups excluding carboxylic acids is 1. The molecule has 0 atom stereocenters. The number of carbonyl (C=O) groups is 1. The summed E-state index contributed by atoms with van der Waals surface area (Å²) in [6, 6.07) is 16.3. The van der Waals surface area contributed by atoms with Crippen molar-refractivity contribution in [3.63, 3.8) is 0 Å². The molecule has 0 spiro atoms. The predicted molar refractivity (Wildman–Crippen MR) is 95.5 cm³/mol. The highest BCUT2D eigenvalue weighted by Crippen LogP contribution is 2.30. The molecule has 1 N–H and O–H groups in total. The van der Waals surface area contributed by atoms with Crippen LogP contribution in [0.5, 0.6) is 17.2 Å². The molecule has 5 nitrogen and oxygen atoms in total. The number of anilines is 1. The van der Waals surface area contributed by atoms with Gasteiger partial charge in [-0.1, -0.05) is 12.1 Å². The number of amides is 1. The number of rotatable bonds is 6. The molecule has 1 heterocycles. The fourth-order valence-corrected chi connectivity index (χ4v) is 2.34. The summed E-state index contributed by atoms with van der Waals surface area (Å²) in [5.74, 6) is 1.95. The van der Waals surface area contributed by atoms with Gasteiger partial charge < -0.3 is 19.2 Å². The zero-order valence-electron chi connectivity index (χ0n) is 14.1. The number of aryl methyl sites for hydroxylation is 1. The summed E-state index contributed by atoms with van der Waals surface area (Å²) < 4.78 is 16.5.